The van der Waals surface area contributed by atoms with Crippen LogP contribution in [0.2, 0.25) is 0 Å². The SMILES string of the molecule is Cn1cc(/C=C2\Oc3c(ccc4c3[C@H](c3ccc5c(c3)OCO5)CC(=O)O4)C2=O)c2ccccc21. The summed E-state index contributed by atoms with van der Waals surface area (Å²) in [7, 11) is 1.97. The number of rotatable bonds is 2. The minimum Gasteiger partial charge on any atom is -0.454 e. The van der Waals surface area contributed by atoms with Crippen LogP contribution in [0.1, 0.15) is 39.4 Å². The highest BCUT2D eigenvalue weighted by Crippen LogP contribution is 2.50. The van der Waals surface area contributed by atoms with Gasteiger partial charge in [-0.3, -0.25) is 9.59 Å². The molecule has 0 fully saturated rings. The van der Waals surface area contributed by atoms with E-state index >= 15 is 0 Å². The third-order valence-corrected chi connectivity index (χ3v) is 6.79. The van der Waals surface area contributed by atoms with Gasteiger partial charge in [-0.1, -0.05) is 24.3 Å². The van der Waals surface area contributed by atoms with E-state index in [0.717, 1.165) is 22.0 Å². The summed E-state index contributed by atoms with van der Waals surface area (Å²) in [6.07, 6.45) is 3.88. The van der Waals surface area contributed by atoms with Crippen molar-refractivity contribution in [3.05, 3.63) is 88.8 Å². The highest BCUT2D eigenvalue weighted by atomic mass is 16.7. The van der Waals surface area contributed by atoms with Crippen LogP contribution in [-0.4, -0.2) is 23.1 Å². The Morgan fingerprint density at radius 3 is 2.69 bits per heavy atom. The molecule has 4 aromatic rings. The molecule has 7 rings (SSSR count). The van der Waals surface area contributed by atoms with Gasteiger partial charge in [-0.15, -0.1) is 0 Å². The lowest BCUT2D eigenvalue weighted by molar-refractivity contribution is -0.135. The Kier molecular flexibility index (Phi) is 4.12. The number of hydrogen-bond donors (Lipinski definition) is 0. The average Bonchev–Trinajstić information content (AvgIpc) is 3.55. The number of aromatic nitrogens is 1. The van der Waals surface area contributed by atoms with Crippen molar-refractivity contribution in [2.45, 2.75) is 12.3 Å². The molecule has 0 radical (unpaired) electrons. The van der Waals surface area contributed by atoms with Crippen LogP contribution in [0.5, 0.6) is 23.0 Å². The van der Waals surface area contributed by atoms with E-state index in [1.54, 1.807) is 18.2 Å². The number of nitrogens with zero attached hydrogens (tertiary/aromatic N) is 1. The number of carbonyl (C=O) groups excluding carboxylic acids is 2. The van der Waals surface area contributed by atoms with Gasteiger partial charge in [-0.05, 0) is 42.0 Å². The zero-order valence-electron chi connectivity index (χ0n) is 18.7. The molecule has 7 nitrogen and oxygen atoms in total. The molecule has 0 bridgehead atoms. The number of benzene rings is 3. The molecule has 0 aliphatic carbocycles. The van der Waals surface area contributed by atoms with Gasteiger partial charge in [0.1, 0.15) is 11.5 Å². The Morgan fingerprint density at radius 2 is 1.77 bits per heavy atom. The standard InChI is InChI=1S/C28H19NO6/c1-29-13-16(17-4-2-3-5-20(17)29)11-24-27(31)18-7-9-22-26(28(18)35-24)19(12-25(30)34-22)15-6-8-21-23(10-15)33-14-32-21/h2-11,13,19H,12,14H2,1H3/b24-11-/t19-/m0/s1. The first kappa shape index (κ1) is 19.9. The minimum atomic E-state index is -0.347. The molecular formula is C28H19NO6. The monoisotopic (exact) mass is 465 g/mol. The molecule has 4 heterocycles. The van der Waals surface area contributed by atoms with Gasteiger partial charge >= 0.3 is 5.97 Å². The number of aryl methyl sites for hydroxylation is 1. The van der Waals surface area contributed by atoms with Crippen molar-refractivity contribution in [1.29, 1.82) is 0 Å². The van der Waals surface area contributed by atoms with Crippen LogP contribution in [0.15, 0.2) is 66.6 Å². The van der Waals surface area contributed by atoms with Crippen LogP contribution in [0, 0.1) is 0 Å². The average molecular weight is 465 g/mol. The smallest absolute Gasteiger partial charge is 0.312 e. The Morgan fingerprint density at radius 1 is 0.943 bits per heavy atom. The Balaban J connectivity index is 1.34. The van der Waals surface area contributed by atoms with Crippen molar-refractivity contribution in [2.75, 3.05) is 6.79 Å². The van der Waals surface area contributed by atoms with Crippen LogP contribution in [-0.2, 0) is 11.8 Å². The van der Waals surface area contributed by atoms with Gasteiger partial charge in [-0.2, -0.15) is 0 Å². The Labute approximate surface area is 200 Å². The number of ketones is 1. The fourth-order valence-corrected chi connectivity index (χ4v) is 5.15. The van der Waals surface area contributed by atoms with Gasteiger partial charge in [0.25, 0.3) is 0 Å². The lowest BCUT2D eigenvalue weighted by Crippen LogP contribution is -2.21. The number of allylic oxidation sites excluding steroid dienone is 1. The highest BCUT2D eigenvalue weighted by Gasteiger charge is 2.39. The second kappa shape index (κ2) is 7.24. The molecule has 172 valence electrons. The number of fused-ring (bicyclic) bond motifs is 5. The predicted octanol–water partition coefficient (Wildman–Crippen LogP) is 4.96. The van der Waals surface area contributed by atoms with E-state index in [1.165, 1.54) is 0 Å². The van der Waals surface area contributed by atoms with Gasteiger partial charge in [0.2, 0.25) is 12.6 Å². The minimum absolute atomic E-state index is 0.128. The van der Waals surface area contributed by atoms with Crippen LogP contribution in [0.25, 0.3) is 17.0 Å². The van der Waals surface area contributed by atoms with Crippen molar-refractivity contribution in [2.24, 2.45) is 7.05 Å². The van der Waals surface area contributed by atoms with E-state index < -0.39 is 0 Å². The van der Waals surface area contributed by atoms with Gasteiger partial charge < -0.3 is 23.5 Å². The quantitative estimate of drug-likeness (QED) is 0.237. The zero-order valence-corrected chi connectivity index (χ0v) is 18.7. The van der Waals surface area contributed by atoms with Crippen molar-refractivity contribution < 1.29 is 28.5 Å². The number of esters is 1. The highest BCUT2D eigenvalue weighted by molar-refractivity contribution is 6.15. The summed E-state index contributed by atoms with van der Waals surface area (Å²) in [6, 6.07) is 17.0. The zero-order chi connectivity index (χ0) is 23.7. The molecule has 3 aliphatic heterocycles. The fraction of sp³-hybridized carbons (Fsp3) is 0.143. The van der Waals surface area contributed by atoms with E-state index in [4.69, 9.17) is 18.9 Å². The first-order chi connectivity index (χ1) is 17.1. The van der Waals surface area contributed by atoms with Gasteiger partial charge in [0.15, 0.2) is 17.3 Å². The molecule has 3 aromatic carbocycles. The summed E-state index contributed by atoms with van der Waals surface area (Å²) < 4.78 is 24.7. The van der Waals surface area contributed by atoms with E-state index in [-0.39, 0.29) is 36.6 Å². The molecule has 0 spiro atoms. The molecule has 0 saturated heterocycles. The van der Waals surface area contributed by atoms with Gasteiger partial charge in [-0.25, -0.2) is 0 Å². The van der Waals surface area contributed by atoms with Crippen LogP contribution < -0.4 is 18.9 Å². The third kappa shape index (κ3) is 2.98. The normalized spacial score (nSPS) is 19.0. The second-order valence-electron chi connectivity index (χ2n) is 8.85. The summed E-state index contributed by atoms with van der Waals surface area (Å²) in [5.41, 5.74) is 3.97. The number of carbonyl (C=O) groups is 2. The van der Waals surface area contributed by atoms with Gasteiger partial charge in [0, 0.05) is 41.2 Å². The van der Waals surface area contributed by atoms with Crippen LogP contribution >= 0.6 is 0 Å². The molecule has 0 saturated carbocycles. The maximum Gasteiger partial charge on any atom is 0.312 e. The number of Topliss-reactive ketones (excluding diaryl/α,β-unsaturated/α-hetero) is 1. The predicted molar refractivity (Wildman–Crippen MR) is 127 cm³/mol. The summed E-state index contributed by atoms with van der Waals surface area (Å²) in [5, 5.41) is 1.03. The third-order valence-electron chi connectivity index (χ3n) is 6.79. The van der Waals surface area contributed by atoms with E-state index in [0.29, 0.717) is 34.1 Å². The van der Waals surface area contributed by atoms with Crippen molar-refractivity contribution in [3.63, 3.8) is 0 Å². The second-order valence-corrected chi connectivity index (χ2v) is 8.85. The van der Waals surface area contributed by atoms with E-state index in [1.807, 2.05) is 60.3 Å². The van der Waals surface area contributed by atoms with E-state index in [9.17, 15) is 9.59 Å². The first-order valence-electron chi connectivity index (χ1n) is 11.3. The summed E-state index contributed by atoms with van der Waals surface area (Å²) in [5.74, 6) is 1.50. The molecular weight excluding hydrogens is 446 g/mol. The van der Waals surface area contributed by atoms with Crippen molar-refractivity contribution in [1.82, 2.24) is 4.57 Å². The van der Waals surface area contributed by atoms with Crippen LogP contribution in [0.4, 0.5) is 0 Å². The number of ether oxygens (including phenoxy) is 4. The fourth-order valence-electron chi connectivity index (χ4n) is 5.15. The summed E-state index contributed by atoms with van der Waals surface area (Å²) in [6.45, 7) is 0.164. The maximum absolute atomic E-state index is 13.3. The maximum atomic E-state index is 13.3. The molecule has 7 heteroatoms. The van der Waals surface area contributed by atoms with Crippen LogP contribution in [0.3, 0.4) is 0 Å². The van der Waals surface area contributed by atoms with Crippen molar-refractivity contribution in [3.8, 4) is 23.0 Å². The number of para-hydroxylation sites is 1. The molecule has 1 aromatic heterocycles. The first-order valence-corrected chi connectivity index (χ1v) is 11.3. The lowest BCUT2D eigenvalue weighted by atomic mass is 9.84. The molecule has 0 N–H and O–H groups in total. The Bertz CT molecular complexity index is 1610. The summed E-state index contributed by atoms with van der Waals surface area (Å²) in [4.78, 5) is 25.8. The lowest BCUT2D eigenvalue weighted by Gasteiger charge is -2.26. The van der Waals surface area contributed by atoms with Gasteiger partial charge in [0.05, 0.1) is 12.0 Å². The topological polar surface area (TPSA) is 76.0 Å². The molecule has 3 aliphatic rings. The molecule has 1 atom stereocenters. The molecule has 0 unspecified atom stereocenters. The molecule has 0 amide bonds. The number of hydrogen-bond acceptors (Lipinski definition) is 6. The summed E-state index contributed by atoms with van der Waals surface area (Å²) >= 11 is 0. The van der Waals surface area contributed by atoms with E-state index in [2.05, 4.69) is 0 Å². The largest absolute Gasteiger partial charge is 0.454 e. The van der Waals surface area contributed by atoms with Crippen molar-refractivity contribution >= 4 is 28.7 Å². The Hall–Kier alpha value is -4.52. The molecule has 35 heavy (non-hydrogen) atoms.